The highest BCUT2D eigenvalue weighted by Crippen LogP contribution is 2.18. The second-order valence-corrected chi connectivity index (χ2v) is 5.86. The number of amides is 2. The molecule has 0 aromatic heterocycles. The van der Waals surface area contributed by atoms with Crippen LogP contribution in [0, 0.1) is 5.82 Å². The van der Waals surface area contributed by atoms with Crippen molar-refractivity contribution in [2.45, 2.75) is 19.8 Å². The van der Waals surface area contributed by atoms with Crippen LogP contribution in [0.2, 0.25) is 0 Å². The Balaban J connectivity index is 2.06. The van der Waals surface area contributed by atoms with E-state index in [1.54, 1.807) is 15.9 Å². The molecule has 1 saturated heterocycles. The summed E-state index contributed by atoms with van der Waals surface area (Å²) in [6.45, 7) is 4.12. The second kappa shape index (κ2) is 7.02. The Bertz CT molecular complexity index is 550. The zero-order valence-corrected chi connectivity index (χ0v) is 13.5. The number of rotatable bonds is 2. The number of carbonyl (C=O) groups excluding carboxylic acids is 2. The summed E-state index contributed by atoms with van der Waals surface area (Å²) in [6, 6.07) is 4.38. The van der Waals surface area contributed by atoms with Gasteiger partial charge in [-0.2, -0.15) is 0 Å². The van der Waals surface area contributed by atoms with E-state index in [2.05, 4.69) is 15.9 Å². The van der Waals surface area contributed by atoms with Crippen LogP contribution in [0.5, 0.6) is 0 Å². The number of benzene rings is 1. The summed E-state index contributed by atoms with van der Waals surface area (Å²) in [7, 11) is 0. The monoisotopic (exact) mass is 356 g/mol. The highest BCUT2D eigenvalue weighted by atomic mass is 79.9. The molecule has 1 aromatic carbocycles. The Morgan fingerprint density at radius 1 is 1.19 bits per heavy atom. The van der Waals surface area contributed by atoms with Crippen molar-refractivity contribution >= 4 is 27.7 Å². The van der Waals surface area contributed by atoms with Crippen LogP contribution in [-0.4, -0.2) is 47.8 Å². The molecule has 1 fully saturated rings. The van der Waals surface area contributed by atoms with E-state index >= 15 is 0 Å². The fourth-order valence-corrected chi connectivity index (χ4v) is 2.65. The predicted molar refractivity (Wildman–Crippen MR) is 81.5 cm³/mol. The molecule has 0 radical (unpaired) electrons. The molecule has 4 nitrogen and oxygen atoms in total. The third-order valence-electron chi connectivity index (χ3n) is 3.60. The highest BCUT2D eigenvalue weighted by Gasteiger charge is 2.22. The summed E-state index contributed by atoms with van der Waals surface area (Å²) in [5.74, 6) is -0.523. The van der Waals surface area contributed by atoms with Crippen molar-refractivity contribution in [1.82, 2.24) is 9.80 Å². The number of hydrogen-bond acceptors (Lipinski definition) is 2. The molecule has 21 heavy (non-hydrogen) atoms. The van der Waals surface area contributed by atoms with E-state index < -0.39 is 5.82 Å². The minimum absolute atomic E-state index is 0.110. The lowest BCUT2D eigenvalue weighted by atomic mass is 10.2. The second-order valence-electron chi connectivity index (χ2n) is 5.01. The Hall–Kier alpha value is -1.43. The SMILES string of the molecule is CCC(=O)N1CCCN(C(=O)c2ccc(Br)c(F)c2)CC1. The number of carbonyl (C=O) groups is 2. The molecule has 1 aromatic rings. The highest BCUT2D eigenvalue weighted by molar-refractivity contribution is 9.10. The first-order valence-electron chi connectivity index (χ1n) is 7.05. The number of halogens is 2. The van der Waals surface area contributed by atoms with Crippen LogP contribution in [0.1, 0.15) is 30.1 Å². The third-order valence-corrected chi connectivity index (χ3v) is 4.25. The summed E-state index contributed by atoms with van der Waals surface area (Å²) in [6.07, 6.45) is 1.22. The minimum atomic E-state index is -0.446. The summed E-state index contributed by atoms with van der Waals surface area (Å²) >= 11 is 3.07. The Morgan fingerprint density at radius 2 is 1.86 bits per heavy atom. The van der Waals surface area contributed by atoms with E-state index in [0.29, 0.717) is 42.6 Å². The molecule has 0 saturated carbocycles. The van der Waals surface area contributed by atoms with Crippen molar-refractivity contribution in [2.24, 2.45) is 0 Å². The van der Waals surface area contributed by atoms with Crippen molar-refractivity contribution in [3.05, 3.63) is 34.1 Å². The molecular weight excluding hydrogens is 339 g/mol. The van der Waals surface area contributed by atoms with Crippen LogP contribution >= 0.6 is 15.9 Å². The molecule has 2 amide bonds. The predicted octanol–water partition coefficient (Wildman–Crippen LogP) is 2.67. The molecule has 0 bridgehead atoms. The molecule has 1 heterocycles. The fourth-order valence-electron chi connectivity index (χ4n) is 2.41. The molecule has 1 aliphatic rings. The molecule has 0 aliphatic carbocycles. The van der Waals surface area contributed by atoms with Crippen LogP contribution in [0.4, 0.5) is 4.39 Å². The van der Waals surface area contributed by atoms with E-state index in [1.165, 1.54) is 12.1 Å². The molecule has 114 valence electrons. The standard InChI is InChI=1S/C15H18BrFN2O2/c1-2-14(20)18-6-3-7-19(9-8-18)15(21)11-4-5-12(16)13(17)10-11/h4-5,10H,2-3,6-9H2,1H3. The van der Waals surface area contributed by atoms with Gasteiger partial charge in [-0.15, -0.1) is 0 Å². The van der Waals surface area contributed by atoms with Crippen LogP contribution in [0.3, 0.4) is 0 Å². The van der Waals surface area contributed by atoms with Gasteiger partial charge >= 0.3 is 0 Å². The molecule has 0 N–H and O–H groups in total. The summed E-state index contributed by atoms with van der Waals surface area (Å²) in [5, 5.41) is 0. The smallest absolute Gasteiger partial charge is 0.254 e. The number of nitrogens with zero attached hydrogens (tertiary/aromatic N) is 2. The van der Waals surface area contributed by atoms with Gasteiger partial charge in [-0.3, -0.25) is 9.59 Å². The first kappa shape index (κ1) is 15.9. The van der Waals surface area contributed by atoms with E-state index in [0.717, 1.165) is 6.42 Å². The molecule has 6 heteroatoms. The summed E-state index contributed by atoms with van der Waals surface area (Å²) in [4.78, 5) is 27.6. The zero-order valence-electron chi connectivity index (χ0n) is 11.9. The van der Waals surface area contributed by atoms with Gasteiger partial charge in [0, 0.05) is 38.2 Å². The normalized spacial score (nSPS) is 15.8. The average Bonchev–Trinajstić information content (AvgIpc) is 2.74. The first-order valence-corrected chi connectivity index (χ1v) is 7.84. The van der Waals surface area contributed by atoms with Gasteiger partial charge in [0.05, 0.1) is 4.47 Å². The number of hydrogen-bond donors (Lipinski definition) is 0. The largest absolute Gasteiger partial charge is 0.341 e. The van der Waals surface area contributed by atoms with Gasteiger partial charge in [-0.1, -0.05) is 6.92 Å². The zero-order chi connectivity index (χ0) is 15.4. The van der Waals surface area contributed by atoms with Gasteiger partial charge in [-0.25, -0.2) is 4.39 Å². The van der Waals surface area contributed by atoms with Gasteiger partial charge in [-0.05, 0) is 40.5 Å². The maximum absolute atomic E-state index is 13.5. The van der Waals surface area contributed by atoms with E-state index in [-0.39, 0.29) is 11.8 Å². The van der Waals surface area contributed by atoms with Crippen LogP contribution in [0.15, 0.2) is 22.7 Å². The Kier molecular flexibility index (Phi) is 5.33. The van der Waals surface area contributed by atoms with Gasteiger partial charge in [0.2, 0.25) is 5.91 Å². The summed E-state index contributed by atoms with van der Waals surface area (Å²) < 4.78 is 13.9. The van der Waals surface area contributed by atoms with Crippen molar-refractivity contribution in [3.8, 4) is 0 Å². The van der Waals surface area contributed by atoms with E-state index in [9.17, 15) is 14.0 Å². The van der Waals surface area contributed by atoms with Crippen molar-refractivity contribution in [2.75, 3.05) is 26.2 Å². The Morgan fingerprint density at radius 3 is 2.52 bits per heavy atom. The molecule has 0 atom stereocenters. The van der Waals surface area contributed by atoms with E-state index in [1.807, 2.05) is 6.92 Å². The first-order chi connectivity index (χ1) is 10.0. The molecular formula is C15H18BrFN2O2. The van der Waals surface area contributed by atoms with Crippen LogP contribution in [-0.2, 0) is 4.79 Å². The van der Waals surface area contributed by atoms with Gasteiger partial charge in [0.25, 0.3) is 5.91 Å². The van der Waals surface area contributed by atoms with Gasteiger partial charge < -0.3 is 9.80 Å². The Labute approximate surface area is 132 Å². The van der Waals surface area contributed by atoms with Crippen molar-refractivity contribution in [1.29, 1.82) is 0 Å². The lowest BCUT2D eigenvalue weighted by Gasteiger charge is -2.22. The maximum atomic E-state index is 13.5. The van der Waals surface area contributed by atoms with E-state index in [4.69, 9.17) is 0 Å². The average molecular weight is 357 g/mol. The topological polar surface area (TPSA) is 40.6 Å². The van der Waals surface area contributed by atoms with Crippen molar-refractivity contribution < 1.29 is 14.0 Å². The molecule has 1 aliphatic heterocycles. The summed E-state index contributed by atoms with van der Waals surface area (Å²) in [5.41, 5.74) is 0.339. The molecule has 0 unspecified atom stereocenters. The third kappa shape index (κ3) is 3.81. The molecule has 0 spiro atoms. The lowest BCUT2D eigenvalue weighted by Crippen LogP contribution is -2.37. The van der Waals surface area contributed by atoms with Gasteiger partial charge in [0.15, 0.2) is 0 Å². The van der Waals surface area contributed by atoms with Crippen LogP contribution in [0.25, 0.3) is 0 Å². The van der Waals surface area contributed by atoms with Crippen molar-refractivity contribution in [3.63, 3.8) is 0 Å². The van der Waals surface area contributed by atoms with Crippen LogP contribution < -0.4 is 0 Å². The fraction of sp³-hybridized carbons (Fsp3) is 0.467. The lowest BCUT2D eigenvalue weighted by molar-refractivity contribution is -0.130. The minimum Gasteiger partial charge on any atom is -0.341 e. The maximum Gasteiger partial charge on any atom is 0.254 e. The molecule has 2 rings (SSSR count). The quantitative estimate of drug-likeness (QED) is 0.817. The van der Waals surface area contributed by atoms with Gasteiger partial charge in [0.1, 0.15) is 5.82 Å².